The van der Waals surface area contributed by atoms with Gasteiger partial charge in [-0.1, -0.05) is 36.5 Å². The van der Waals surface area contributed by atoms with Crippen LogP contribution in [0.2, 0.25) is 10.2 Å². The molecule has 0 fully saturated rings. The molecule has 19 heavy (non-hydrogen) atoms. The van der Waals surface area contributed by atoms with Crippen molar-refractivity contribution >= 4 is 45.8 Å². The number of hydrogen-bond donors (Lipinski definition) is 0. The van der Waals surface area contributed by atoms with Crippen molar-refractivity contribution in [2.75, 3.05) is 0 Å². The number of rotatable bonds is 3. The zero-order chi connectivity index (χ0) is 14.0. The zero-order valence-corrected chi connectivity index (χ0v) is 13.7. The number of aromatic nitrogens is 2. The molecule has 0 radical (unpaired) electrons. The predicted molar refractivity (Wildman–Crippen MR) is 84.2 cm³/mol. The van der Waals surface area contributed by atoms with Crippen LogP contribution < -0.4 is 0 Å². The van der Waals surface area contributed by atoms with Crippen molar-refractivity contribution in [2.45, 2.75) is 19.8 Å². The van der Waals surface area contributed by atoms with E-state index in [2.05, 4.69) is 39.5 Å². The van der Waals surface area contributed by atoms with Crippen molar-refractivity contribution in [3.8, 4) is 11.4 Å². The Morgan fingerprint density at radius 3 is 2.63 bits per heavy atom. The van der Waals surface area contributed by atoms with Gasteiger partial charge in [0.05, 0.1) is 14.3 Å². The first-order valence-corrected chi connectivity index (χ1v) is 7.53. The molecule has 0 N–H and O–H groups in total. The Morgan fingerprint density at radius 1 is 1.26 bits per heavy atom. The highest BCUT2D eigenvalue weighted by molar-refractivity contribution is 14.1. The van der Waals surface area contributed by atoms with Gasteiger partial charge >= 0.3 is 0 Å². The summed E-state index contributed by atoms with van der Waals surface area (Å²) in [6.07, 6.45) is 1.79. The SMILES string of the molecule is CCCc1nc(-c2ccc(F)c(Cl)c2)nc(Cl)c1I. The van der Waals surface area contributed by atoms with Crippen LogP contribution in [-0.2, 0) is 6.42 Å². The van der Waals surface area contributed by atoms with Gasteiger partial charge in [-0.3, -0.25) is 0 Å². The van der Waals surface area contributed by atoms with Crippen LogP contribution in [0, 0.1) is 9.39 Å². The summed E-state index contributed by atoms with van der Waals surface area (Å²) in [4.78, 5) is 8.70. The van der Waals surface area contributed by atoms with Gasteiger partial charge in [-0.15, -0.1) is 0 Å². The van der Waals surface area contributed by atoms with E-state index in [4.69, 9.17) is 23.2 Å². The first-order valence-electron chi connectivity index (χ1n) is 5.70. The normalized spacial score (nSPS) is 10.8. The highest BCUT2D eigenvalue weighted by atomic mass is 127. The van der Waals surface area contributed by atoms with Crippen molar-refractivity contribution < 1.29 is 4.39 Å². The second kappa shape index (κ2) is 6.33. The molecule has 0 aliphatic carbocycles. The smallest absolute Gasteiger partial charge is 0.161 e. The lowest BCUT2D eigenvalue weighted by Gasteiger charge is -2.08. The number of hydrogen-bond acceptors (Lipinski definition) is 2. The van der Waals surface area contributed by atoms with E-state index in [1.807, 2.05) is 0 Å². The summed E-state index contributed by atoms with van der Waals surface area (Å²) in [6, 6.07) is 4.40. The van der Waals surface area contributed by atoms with Crippen molar-refractivity contribution in [3.05, 3.63) is 43.5 Å². The van der Waals surface area contributed by atoms with Crippen molar-refractivity contribution in [1.29, 1.82) is 0 Å². The highest BCUT2D eigenvalue weighted by Crippen LogP contribution is 2.27. The maximum Gasteiger partial charge on any atom is 0.161 e. The Bertz CT molecular complexity index is 620. The monoisotopic (exact) mass is 410 g/mol. The van der Waals surface area contributed by atoms with E-state index in [1.54, 1.807) is 6.07 Å². The molecule has 0 saturated carbocycles. The van der Waals surface area contributed by atoms with Crippen LogP contribution in [0.4, 0.5) is 4.39 Å². The molecule has 0 amide bonds. The topological polar surface area (TPSA) is 25.8 Å². The van der Waals surface area contributed by atoms with E-state index in [0.29, 0.717) is 16.5 Å². The summed E-state index contributed by atoms with van der Waals surface area (Å²) in [7, 11) is 0. The minimum atomic E-state index is -0.462. The standard InChI is InChI=1S/C13H10Cl2FIN2/c1-2-3-10-11(17)12(15)19-13(18-10)7-4-5-9(16)8(14)6-7/h4-6H,2-3H2,1H3. The van der Waals surface area contributed by atoms with E-state index in [1.165, 1.54) is 12.1 Å². The third kappa shape index (κ3) is 3.35. The minimum absolute atomic E-state index is 0.0489. The van der Waals surface area contributed by atoms with E-state index < -0.39 is 5.82 Å². The molecule has 0 unspecified atom stereocenters. The van der Waals surface area contributed by atoms with Gasteiger partial charge in [0.15, 0.2) is 5.82 Å². The molecule has 1 heterocycles. The summed E-state index contributed by atoms with van der Waals surface area (Å²) in [5.74, 6) is 0.00609. The third-order valence-electron chi connectivity index (χ3n) is 2.54. The van der Waals surface area contributed by atoms with E-state index >= 15 is 0 Å². The molecule has 0 saturated heterocycles. The summed E-state index contributed by atoms with van der Waals surface area (Å²) < 4.78 is 14.0. The number of aryl methyl sites for hydroxylation is 1. The Balaban J connectivity index is 2.52. The van der Waals surface area contributed by atoms with Crippen LogP contribution >= 0.6 is 45.8 Å². The van der Waals surface area contributed by atoms with Gasteiger partial charge in [-0.25, -0.2) is 14.4 Å². The molecule has 1 aromatic heterocycles. The van der Waals surface area contributed by atoms with Crippen LogP contribution in [-0.4, -0.2) is 9.97 Å². The molecule has 2 rings (SSSR count). The van der Waals surface area contributed by atoms with E-state index in [-0.39, 0.29) is 5.02 Å². The van der Waals surface area contributed by atoms with Gasteiger partial charge < -0.3 is 0 Å². The first-order chi connectivity index (χ1) is 9.02. The highest BCUT2D eigenvalue weighted by Gasteiger charge is 2.12. The van der Waals surface area contributed by atoms with Crippen molar-refractivity contribution in [1.82, 2.24) is 9.97 Å². The van der Waals surface area contributed by atoms with Gasteiger partial charge in [0, 0.05) is 5.56 Å². The number of halogens is 4. The van der Waals surface area contributed by atoms with Crippen molar-refractivity contribution in [2.24, 2.45) is 0 Å². The molecule has 0 atom stereocenters. The molecule has 0 aliphatic heterocycles. The molecule has 0 bridgehead atoms. The molecular weight excluding hydrogens is 401 g/mol. The fourth-order valence-electron chi connectivity index (χ4n) is 1.63. The van der Waals surface area contributed by atoms with Crippen molar-refractivity contribution in [3.63, 3.8) is 0 Å². The van der Waals surface area contributed by atoms with Crippen LogP contribution in [0.1, 0.15) is 19.0 Å². The van der Waals surface area contributed by atoms with Gasteiger partial charge in [-0.05, 0) is 47.2 Å². The quantitative estimate of drug-likeness (QED) is 0.516. The average Bonchev–Trinajstić information content (AvgIpc) is 2.38. The fraction of sp³-hybridized carbons (Fsp3) is 0.231. The Morgan fingerprint density at radius 2 is 2.00 bits per heavy atom. The average molecular weight is 411 g/mol. The molecule has 0 spiro atoms. The Labute approximate surface area is 134 Å². The Hall–Kier alpha value is -0.460. The maximum absolute atomic E-state index is 13.2. The molecule has 2 aromatic rings. The van der Waals surface area contributed by atoms with Crippen LogP contribution in [0.5, 0.6) is 0 Å². The van der Waals surface area contributed by atoms with Gasteiger partial charge in [-0.2, -0.15) is 0 Å². The molecule has 100 valence electrons. The van der Waals surface area contributed by atoms with Crippen LogP contribution in [0.25, 0.3) is 11.4 Å². The number of nitrogens with zero attached hydrogens (tertiary/aromatic N) is 2. The number of benzene rings is 1. The Kier molecular flexibility index (Phi) is 4.97. The molecular formula is C13H10Cl2FIN2. The predicted octanol–water partition coefficient (Wildman–Crippen LogP) is 5.15. The largest absolute Gasteiger partial charge is 0.232 e. The van der Waals surface area contributed by atoms with Crippen LogP contribution in [0.15, 0.2) is 18.2 Å². The summed E-state index contributed by atoms with van der Waals surface area (Å²) in [5, 5.41) is 0.460. The lowest BCUT2D eigenvalue weighted by molar-refractivity contribution is 0.628. The van der Waals surface area contributed by atoms with Gasteiger partial charge in [0.1, 0.15) is 11.0 Å². The minimum Gasteiger partial charge on any atom is -0.232 e. The lowest BCUT2D eigenvalue weighted by atomic mass is 10.2. The molecule has 6 heteroatoms. The second-order valence-electron chi connectivity index (χ2n) is 3.98. The first kappa shape index (κ1) is 14.9. The van der Waals surface area contributed by atoms with Crippen LogP contribution in [0.3, 0.4) is 0 Å². The molecule has 0 aliphatic rings. The van der Waals surface area contributed by atoms with E-state index in [9.17, 15) is 4.39 Å². The molecule has 1 aromatic carbocycles. The molecule has 2 nitrogen and oxygen atoms in total. The summed E-state index contributed by atoms with van der Waals surface area (Å²) in [5.41, 5.74) is 1.56. The van der Waals surface area contributed by atoms with E-state index in [0.717, 1.165) is 22.1 Å². The second-order valence-corrected chi connectivity index (χ2v) is 5.82. The fourth-order valence-corrected chi connectivity index (χ4v) is 2.51. The third-order valence-corrected chi connectivity index (χ3v) is 4.56. The lowest BCUT2D eigenvalue weighted by Crippen LogP contribution is -2.00. The van der Waals surface area contributed by atoms with Gasteiger partial charge in [0.2, 0.25) is 0 Å². The summed E-state index contributed by atoms with van der Waals surface area (Å²) >= 11 is 14.0. The summed E-state index contributed by atoms with van der Waals surface area (Å²) in [6.45, 7) is 2.07. The van der Waals surface area contributed by atoms with Gasteiger partial charge in [0.25, 0.3) is 0 Å². The zero-order valence-electron chi connectivity index (χ0n) is 10.1. The maximum atomic E-state index is 13.2.